The van der Waals surface area contributed by atoms with Crippen LogP contribution in [0.5, 0.6) is 0 Å². The van der Waals surface area contributed by atoms with E-state index < -0.39 is 0 Å². The molecule has 0 N–H and O–H groups in total. The molecule has 0 unspecified atom stereocenters. The van der Waals surface area contributed by atoms with Gasteiger partial charge in [-0.3, -0.25) is 4.79 Å². The van der Waals surface area contributed by atoms with Crippen LogP contribution in [0.25, 0.3) is 16.4 Å². The van der Waals surface area contributed by atoms with Crippen molar-refractivity contribution in [1.82, 2.24) is 19.7 Å². The largest absolute Gasteiger partial charge is 0.336 e. The van der Waals surface area contributed by atoms with Crippen molar-refractivity contribution < 1.29 is 9.18 Å². The van der Waals surface area contributed by atoms with Crippen LogP contribution in [0.1, 0.15) is 24.5 Å². The van der Waals surface area contributed by atoms with Crippen molar-refractivity contribution in [3.05, 3.63) is 53.4 Å². The van der Waals surface area contributed by atoms with Crippen molar-refractivity contribution in [2.45, 2.75) is 13.8 Å². The van der Waals surface area contributed by atoms with E-state index in [0.717, 1.165) is 4.88 Å². The number of carbonyl (C=O) groups excluding carboxylic acids is 1. The molecule has 2 aromatic heterocycles. The standard InChI is InChI=1S/C17H17FN4OS/c1-3-21(4-2)17(23)15-19-16(14-9-6-10-24-14)22(20-15)13-8-5-7-12(18)11-13/h5-11H,3-4H2,1-2H3. The fraction of sp³-hybridized carbons (Fsp3) is 0.235. The summed E-state index contributed by atoms with van der Waals surface area (Å²) in [5, 5.41) is 6.27. The van der Waals surface area contributed by atoms with E-state index in [1.54, 1.807) is 17.0 Å². The van der Waals surface area contributed by atoms with Crippen LogP contribution < -0.4 is 0 Å². The molecular formula is C17H17FN4OS. The highest BCUT2D eigenvalue weighted by Crippen LogP contribution is 2.26. The van der Waals surface area contributed by atoms with Crippen LogP contribution in [-0.4, -0.2) is 38.7 Å². The molecule has 0 fully saturated rings. The number of benzene rings is 1. The second kappa shape index (κ2) is 6.92. The van der Waals surface area contributed by atoms with Gasteiger partial charge in [0.15, 0.2) is 5.82 Å². The number of nitrogens with zero attached hydrogens (tertiary/aromatic N) is 4. The number of amides is 1. The summed E-state index contributed by atoms with van der Waals surface area (Å²) >= 11 is 1.49. The molecular weight excluding hydrogens is 327 g/mol. The Morgan fingerprint density at radius 1 is 1.25 bits per heavy atom. The summed E-state index contributed by atoms with van der Waals surface area (Å²) in [7, 11) is 0. The minimum absolute atomic E-state index is 0.117. The van der Waals surface area contributed by atoms with Gasteiger partial charge in [0.25, 0.3) is 5.91 Å². The van der Waals surface area contributed by atoms with E-state index in [4.69, 9.17) is 0 Å². The zero-order valence-corrected chi connectivity index (χ0v) is 14.3. The average Bonchev–Trinajstić information content (AvgIpc) is 3.25. The molecule has 1 amide bonds. The summed E-state index contributed by atoms with van der Waals surface area (Å²) in [5.41, 5.74) is 0.532. The average molecular weight is 344 g/mol. The third-order valence-electron chi connectivity index (χ3n) is 3.64. The minimum Gasteiger partial charge on any atom is -0.336 e. The van der Waals surface area contributed by atoms with Crippen LogP contribution in [0.2, 0.25) is 0 Å². The zero-order valence-electron chi connectivity index (χ0n) is 13.4. The first kappa shape index (κ1) is 16.3. The quantitative estimate of drug-likeness (QED) is 0.710. The molecule has 0 saturated carbocycles. The normalized spacial score (nSPS) is 10.8. The van der Waals surface area contributed by atoms with Crippen molar-refractivity contribution in [1.29, 1.82) is 0 Å². The summed E-state index contributed by atoms with van der Waals surface area (Å²) in [6, 6.07) is 9.88. The molecule has 0 spiro atoms. The number of carbonyl (C=O) groups is 1. The zero-order chi connectivity index (χ0) is 17.1. The summed E-state index contributed by atoms with van der Waals surface area (Å²) in [6.45, 7) is 4.98. The summed E-state index contributed by atoms with van der Waals surface area (Å²) in [4.78, 5) is 19.5. The number of hydrogen-bond acceptors (Lipinski definition) is 4. The van der Waals surface area contributed by atoms with Gasteiger partial charge in [0.2, 0.25) is 5.82 Å². The first-order chi connectivity index (χ1) is 11.6. The molecule has 0 aliphatic heterocycles. The first-order valence-corrected chi connectivity index (χ1v) is 8.58. The van der Waals surface area contributed by atoms with Gasteiger partial charge in [-0.05, 0) is 43.5 Å². The van der Waals surface area contributed by atoms with Crippen LogP contribution in [0, 0.1) is 5.82 Å². The van der Waals surface area contributed by atoms with Crippen molar-refractivity contribution in [2.24, 2.45) is 0 Å². The molecule has 5 nitrogen and oxygen atoms in total. The topological polar surface area (TPSA) is 51.0 Å². The number of rotatable bonds is 5. The lowest BCUT2D eigenvalue weighted by atomic mass is 10.3. The van der Waals surface area contributed by atoms with Crippen molar-refractivity contribution in [3.63, 3.8) is 0 Å². The van der Waals surface area contributed by atoms with Crippen LogP contribution >= 0.6 is 11.3 Å². The highest BCUT2D eigenvalue weighted by Gasteiger charge is 2.22. The lowest BCUT2D eigenvalue weighted by Gasteiger charge is -2.15. The molecule has 3 rings (SSSR count). The number of hydrogen-bond donors (Lipinski definition) is 0. The van der Waals surface area contributed by atoms with E-state index in [2.05, 4.69) is 10.1 Å². The van der Waals surface area contributed by atoms with Crippen molar-refractivity contribution >= 4 is 17.2 Å². The van der Waals surface area contributed by atoms with Gasteiger partial charge >= 0.3 is 0 Å². The molecule has 0 aliphatic carbocycles. The monoisotopic (exact) mass is 344 g/mol. The van der Waals surface area contributed by atoms with Crippen molar-refractivity contribution in [3.8, 4) is 16.4 Å². The van der Waals surface area contributed by atoms with Gasteiger partial charge in [-0.2, -0.15) is 0 Å². The predicted octanol–water partition coefficient (Wildman–Crippen LogP) is 3.62. The molecule has 0 saturated heterocycles. The van der Waals surface area contributed by atoms with Crippen LogP contribution in [-0.2, 0) is 0 Å². The second-order valence-corrected chi connectivity index (χ2v) is 6.05. The molecule has 24 heavy (non-hydrogen) atoms. The Morgan fingerprint density at radius 3 is 2.67 bits per heavy atom. The molecule has 3 aromatic rings. The van der Waals surface area contributed by atoms with Crippen LogP contribution in [0.3, 0.4) is 0 Å². The van der Waals surface area contributed by atoms with E-state index in [1.807, 2.05) is 31.4 Å². The van der Waals surface area contributed by atoms with Gasteiger partial charge in [-0.15, -0.1) is 16.4 Å². The van der Waals surface area contributed by atoms with Gasteiger partial charge in [0.1, 0.15) is 5.82 Å². The van der Waals surface area contributed by atoms with Gasteiger partial charge < -0.3 is 4.90 Å². The Labute approximate surface area is 143 Å². The van der Waals surface area contributed by atoms with E-state index in [0.29, 0.717) is 24.6 Å². The molecule has 7 heteroatoms. The summed E-state index contributed by atoms with van der Waals surface area (Å²) in [5.74, 6) is 0.0576. The maximum Gasteiger partial charge on any atom is 0.293 e. The highest BCUT2D eigenvalue weighted by molar-refractivity contribution is 7.13. The maximum absolute atomic E-state index is 13.6. The number of aromatic nitrogens is 3. The Morgan fingerprint density at radius 2 is 2.04 bits per heavy atom. The van der Waals surface area contributed by atoms with Gasteiger partial charge in [0, 0.05) is 13.1 Å². The van der Waals surface area contributed by atoms with Gasteiger partial charge in [-0.25, -0.2) is 14.1 Å². The third kappa shape index (κ3) is 3.07. The summed E-state index contributed by atoms with van der Waals surface area (Å²) in [6.07, 6.45) is 0. The smallest absolute Gasteiger partial charge is 0.293 e. The Hall–Kier alpha value is -2.54. The Balaban J connectivity index is 2.12. The molecule has 2 heterocycles. The molecule has 1 aromatic carbocycles. The molecule has 0 radical (unpaired) electrons. The first-order valence-electron chi connectivity index (χ1n) is 7.70. The lowest BCUT2D eigenvalue weighted by Crippen LogP contribution is -2.31. The van der Waals surface area contributed by atoms with E-state index in [1.165, 1.54) is 28.2 Å². The molecule has 0 bridgehead atoms. The molecule has 124 valence electrons. The highest BCUT2D eigenvalue weighted by atomic mass is 32.1. The SMILES string of the molecule is CCN(CC)C(=O)c1nc(-c2cccs2)n(-c2cccc(F)c2)n1. The molecule has 0 atom stereocenters. The van der Waals surface area contributed by atoms with Crippen LogP contribution in [0.4, 0.5) is 4.39 Å². The van der Waals surface area contributed by atoms with E-state index in [9.17, 15) is 9.18 Å². The fourth-order valence-electron chi connectivity index (χ4n) is 2.41. The third-order valence-corrected chi connectivity index (χ3v) is 4.51. The lowest BCUT2D eigenvalue weighted by molar-refractivity contribution is 0.0761. The predicted molar refractivity (Wildman–Crippen MR) is 91.9 cm³/mol. The summed E-state index contributed by atoms with van der Waals surface area (Å²) < 4.78 is 15.1. The number of halogens is 1. The second-order valence-electron chi connectivity index (χ2n) is 5.11. The van der Waals surface area contributed by atoms with Crippen molar-refractivity contribution in [2.75, 3.05) is 13.1 Å². The van der Waals surface area contributed by atoms with Gasteiger partial charge in [0.05, 0.1) is 10.6 Å². The van der Waals surface area contributed by atoms with Crippen LogP contribution in [0.15, 0.2) is 41.8 Å². The number of thiophene rings is 1. The Kier molecular flexibility index (Phi) is 4.71. The fourth-order valence-corrected chi connectivity index (χ4v) is 3.11. The Bertz CT molecular complexity index is 840. The minimum atomic E-state index is -0.364. The molecule has 0 aliphatic rings. The van der Waals surface area contributed by atoms with Gasteiger partial charge in [-0.1, -0.05) is 12.1 Å². The maximum atomic E-state index is 13.6. The van der Waals surface area contributed by atoms with E-state index >= 15 is 0 Å². The van der Waals surface area contributed by atoms with E-state index in [-0.39, 0.29) is 17.5 Å².